The molecular weight excluding hydrogens is 370 g/mol. The summed E-state index contributed by atoms with van der Waals surface area (Å²) in [6.07, 6.45) is 0.859. The van der Waals surface area contributed by atoms with Crippen LogP contribution < -0.4 is 14.8 Å². The quantitative estimate of drug-likeness (QED) is 0.678. The van der Waals surface area contributed by atoms with Crippen molar-refractivity contribution in [3.63, 3.8) is 0 Å². The second kappa shape index (κ2) is 9.67. The molecule has 0 heterocycles. The molecule has 0 radical (unpaired) electrons. The highest BCUT2D eigenvalue weighted by molar-refractivity contribution is 9.10. The molecule has 0 aromatic heterocycles. The molecule has 0 aliphatic heterocycles. The van der Waals surface area contributed by atoms with Crippen LogP contribution in [-0.2, 0) is 13.2 Å². The Morgan fingerprint density at radius 1 is 1.17 bits per heavy atom. The first-order chi connectivity index (χ1) is 11.7. The maximum Gasteiger partial charge on any atom is 0.167 e. The van der Waals surface area contributed by atoms with Crippen molar-refractivity contribution in [1.82, 2.24) is 5.32 Å². The number of ether oxygens (including phenoxy) is 2. The monoisotopic (exact) mass is 393 g/mol. The van der Waals surface area contributed by atoms with E-state index >= 15 is 0 Å². The lowest BCUT2D eigenvalue weighted by atomic mass is 10.1. The van der Waals surface area contributed by atoms with Crippen molar-refractivity contribution < 1.29 is 14.6 Å². The lowest BCUT2D eigenvalue weighted by Gasteiger charge is -2.19. The Bertz CT molecular complexity index is 630. The molecule has 130 valence electrons. The Morgan fingerprint density at radius 2 is 1.92 bits per heavy atom. The van der Waals surface area contributed by atoms with Gasteiger partial charge in [-0.05, 0) is 24.1 Å². The van der Waals surface area contributed by atoms with Gasteiger partial charge in [0.25, 0.3) is 0 Å². The van der Waals surface area contributed by atoms with E-state index in [0.717, 1.165) is 27.8 Å². The smallest absolute Gasteiger partial charge is 0.167 e. The molecule has 0 fully saturated rings. The van der Waals surface area contributed by atoms with E-state index in [4.69, 9.17) is 9.47 Å². The highest BCUT2D eigenvalue weighted by Crippen LogP contribution is 2.36. The van der Waals surface area contributed by atoms with Crippen molar-refractivity contribution in [3.8, 4) is 11.5 Å². The van der Waals surface area contributed by atoms with E-state index in [0.29, 0.717) is 18.9 Å². The van der Waals surface area contributed by atoms with Gasteiger partial charge in [-0.3, -0.25) is 0 Å². The average Bonchev–Trinajstić information content (AvgIpc) is 2.63. The zero-order valence-corrected chi connectivity index (χ0v) is 15.7. The molecule has 1 unspecified atom stereocenters. The third kappa shape index (κ3) is 4.97. The molecule has 0 saturated carbocycles. The van der Waals surface area contributed by atoms with Crippen LogP contribution in [0.4, 0.5) is 0 Å². The summed E-state index contributed by atoms with van der Waals surface area (Å²) >= 11 is 3.59. The Hall–Kier alpha value is -1.56. The van der Waals surface area contributed by atoms with Crippen LogP contribution in [0.25, 0.3) is 0 Å². The molecule has 0 aliphatic rings. The second-order valence-corrected chi connectivity index (χ2v) is 6.35. The maximum atomic E-state index is 9.37. The van der Waals surface area contributed by atoms with Crippen LogP contribution >= 0.6 is 15.9 Å². The number of hydrogen-bond donors (Lipinski definition) is 2. The molecule has 24 heavy (non-hydrogen) atoms. The van der Waals surface area contributed by atoms with Gasteiger partial charge in [-0.25, -0.2) is 0 Å². The number of benzene rings is 2. The number of aliphatic hydroxyl groups excluding tert-OH is 1. The molecule has 0 spiro atoms. The lowest BCUT2D eigenvalue weighted by molar-refractivity contribution is 0.236. The van der Waals surface area contributed by atoms with Gasteiger partial charge < -0.3 is 19.9 Å². The predicted molar refractivity (Wildman–Crippen MR) is 99.5 cm³/mol. The number of aliphatic hydroxyl groups is 1. The second-order valence-electron chi connectivity index (χ2n) is 5.50. The Morgan fingerprint density at radius 3 is 2.54 bits per heavy atom. The van der Waals surface area contributed by atoms with Crippen molar-refractivity contribution in [2.24, 2.45) is 0 Å². The van der Waals surface area contributed by atoms with Gasteiger partial charge in [0.1, 0.15) is 6.61 Å². The maximum absolute atomic E-state index is 9.37. The van der Waals surface area contributed by atoms with Gasteiger partial charge in [-0.15, -0.1) is 0 Å². The lowest BCUT2D eigenvalue weighted by Crippen LogP contribution is -2.31. The third-order valence-electron chi connectivity index (χ3n) is 3.89. The minimum atomic E-state index is 0.0603. The SMILES string of the molecule is CCC(CO)NCc1c(Br)ccc(OC)c1OCc1ccccc1. The largest absolute Gasteiger partial charge is 0.493 e. The van der Waals surface area contributed by atoms with Crippen molar-refractivity contribution >= 4 is 15.9 Å². The van der Waals surface area contributed by atoms with Crippen LogP contribution in [-0.4, -0.2) is 24.9 Å². The first kappa shape index (κ1) is 18.8. The molecule has 5 heteroatoms. The molecule has 2 aromatic carbocycles. The van der Waals surface area contributed by atoms with Crippen molar-refractivity contribution in [2.45, 2.75) is 32.5 Å². The fourth-order valence-corrected chi connectivity index (χ4v) is 2.83. The molecule has 1 atom stereocenters. The highest BCUT2D eigenvalue weighted by Gasteiger charge is 2.16. The summed E-state index contributed by atoms with van der Waals surface area (Å²) in [5.74, 6) is 1.42. The summed E-state index contributed by atoms with van der Waals surface area (Å²) in [7, 11) is 1.64. The van der Waals surface area contributed by atoms with E-state index < -0.39 is 0 Å². The summed E-state index contributed by atoms with van der Waals surface area (Å²) in [6, 6.07) is 13.9. The topological polar surface area (TPSA) is 50.7 Å². The fraction of sp³-hybridized carbons (Fsp3) is 0.368. The van der Waals surface area contributed by atoms with Crippen LogP contribution in [0.3, 0.4) is 0 Å². The molecule has 2 N–H and O–H groups in total. The molecule has 0 bridgehead atoms. The van der Waals surface area contributed by atoms with Gasteiger partial charge in [0.05, 0.1) is 13.7 Å². The van der Waals surface area contributed by atoms with Crippen molar-refractivity contribution in [3.05, 3.63) is 58.1 Å². The molecule has 0 amide bonds. The normalized spacial score (nSPS) is 12.0. The zero-order chi connectivity index (χ0) is 17.4. The van der Waals surface area contributed by atoms with Gasteiger partial charge in [0, 0.05) is 22.6 Å². The Labute approximate surface area is 151 Å². The van der Waals surface area contributed by atoms with E-state index in [2.05, 4.69) is 21.2 Å². The molecular formula is C19H24BrNO3. The fourth-order valence-electron chi connectivity index (χ4n) is 2.38. The number of rotatable bonds is 9. The van der Waals surface area contributed by atoms with Crippen LogP contribution in [0.2, 0.25) is 0 Å². The third-order valence-corrected chi connectivity index (χ3v) is 4.64. The average molecular weight is 394 g/mol. The van der Waals surface area contributed by atoms with E-state index in [1.54, 1.807) is 7.11 Å². The van der Waals surface area contributed by atoms with Gasteiger partial charge in [-0.1, -0.05) is 53.2 Å². The van der Waals surface area contributed by atoms with Gasteiger partial charge in [-0.2, -0.15) is 0 Å². The molecule has 0 aliphatic carbocycles. The minimum absolute atomic E-state index is 0.0603. The van der Waals surface area contributed by atoms with E-state index in [9.17, 15) is 5.11 Å². The Kier molecular flexibility index (Phi) is 7.56. The minimum Gasteiger partial charge on any atom is -0.493 e. The molecule has 2 rings (SSSR count). The van der Waals surface area contributed by atoms with E-state index in [-0.39, 0.29) is 12.6 Å². The summed E-state index contributed by atoms with van der Waals surface area (Å²) in [6.45, 7) is 3.21. The molecule has 2 aromatic rings. The van der Waals surface area contributed by atoms with Gasteiger partial charge in [0.15, 0.2) is 11.5 Å². The number of halogens is 1. The summed E-state index contributed by atoms with van der Waals surface area (Å²) in [4.78, 5) is 0. The number of hydrogen-bond acceptors (Lipinski definition) is 4. The summed E-state index contributed by atoms with van der Waals surface area (Å²) < 4.78 is 12.5. The van der Waals surface area contributed by atoms with E-state index in [1.807, 2.05) is 49.4 Å². The van der Waals surface area contributed by atoms with Crippen LogP contribution in [0.5, 0.6) is 11.5 Å². The Balaban J connectivity index is 2.21. The first-order valence-corrected chi connectivity index (χ1v) is 8.85. The highest BCUT2D eigenvalue weighted by atomic mass is 79.9. The van der Waals surface area contributed by atoms with Gasteiger partial charge >= 0.3 is 0 Å². The zero-order valence-electron chi connectivity index (χ0n) is 14.1. The van der Waals surface area contributed by atoms with E-state index in [1.165, 1.54) is 0 Å². The molecule has 0 saturated heterocycles. The number of nitrogens with one attached hydrogen (secondary N) is 1. The van der Waals surface area contributed by atoms with Gasteiger partial charge in [0.2, 0.25) is 0 Å². The van der Waals surface area contributed by atoms with Crippen LogP contribution in [0.1, 0.15) is 24.5 Å². The standard InChI is InChI=1S/C19H24BrNO3/c1-3-15(12-22)21-11-16-17(20)9-10-18(23-2)19(16)24-13-14-7-5-4-6-8-14/h4-10,15,21-22H,3,11-13H2,1-2H3. The summed E-state index contributed by atoms with van der Waals surface area (Å²) in [5, 5.41) is 12.7. The van der Waals surface area contributed by atoms with Crippen LogP contribution in [0.15, 0.2) is 46.9 Å². The molecule has 4 nitrogen and oxygen atoms in total. The summed E-state index contributed by atoms with van der Waals surface area (Å²) in [5.41, 5.74) is 2.08. The van der Waals surface area contributed by atoms with Crippen molar-refractivity contribution in [1.29, 1.82) is 0 Å². The van der Waals surface area contributed by atoms with Crippen LogP contribution in [0, 0.1) is 0 Å². The van der Waals surface area contributed by atoms with Crippen molar-refractivity contribution in [2.75, 3.05) is 13.7 Å². The first-order valence-electron chi connectivity index (χ1n) is 8.05. The number of methoxy groups -OCH3 is 1. The predicted octanol–water partition coefficient (Wildman–Crippen LogP) is 3.90.